The van der Waals surface area contributed by atoms with Crippen LogP contribution in [0.3, 0.4) is 0 Å². The molecule has 12 heavy (non-hydrogen) atoms. The first kappa shape index (κ1) is 9.78. The Hall–Kier alpha value is -0.310. The number of carbonyl (C=O) groups excluding carboxylic acids is 2. The quantitative estimate of drug-likeness (QED) is 0.578. The molecule has 0 atom stereocenters. The van der Waals surface area contributed by atoms with Crippen molar-refractivity contribution < 1.29 is 9.59 Å². The van der Waals surface area contributed by atoms with Crippen LogP contribution in [0.15, 0.2) is 0 Å². The van der Waals surface area contributed by atoms with Crippen LogP contribution in [0.1, 0.15) is 32.1 Å². The summed E-state index contributed by atoms with van der Waals surface area (Å²) in [5.74, 6) is 0.859. The van der Waals surface area contributed by atoms with Gasteiger partial charge in [-0.3, -0.25) is 9.59 Å². The van der Waals surface area contributed by atoms with Gasteiger partial charge in [-0.25, -0.2) is 0 Å². The summed E-state index contributed by atoms with van der Waals surface area (Å²) in [4.78, 5) is 22.0. The van der Waals surface area contributed by atoms with Gasteiger partial charge in [0.2, 0.25) is 5.12 Å². The predicted octanol–water partition coefficient (Wildman–Crippen LogP) is 1.98. The van der Waals surface area contributed by atoms with Crippen LogP contribution in [-0.4, -0.2) is 16.7 Å². The van der Waals surface area contributed by atoms with E-state index >= 15 is 0 Å². The molecule has 0 aliphatic carbocycles. The van der Waals surface area contributed by atoms with Crippen LogP contribution in [-0.2, 0) is 9.59 Å². The fraction of sp³-hybridized carbons (Fsp3) is 0.667. The molecule has 1 radical (unpaired) electrons. The van der Waals surface area contributed by atoms with Crippen LogP contribution >= 0.6 is 11.8 Å². The maximum atomic E-state index is 11.0. The van der Waals surface area contributed by atoms with Crippen LogP contribution < -0.4 is 0 Å². The summed E-state index contributed by atoms with van der Waals surface area (Å²) in [6.45, 7) is 0. The maximum absolute atomic E-state index is 11.0. The zero-order chi connectivity index (χ0) is 8.81. The van der Waals surface area contributed by atoms with Crippen molar-refractivity contribution in [2.75, 3.05) is 5.75 Å². The Morgan fingerprint density at radius 2 is 1.83 bits per heavy atom. The fourth-order valence-corrected chi connectivity index (χ4v) is 1.94. The Morgan fingerprint density at radius 3 is 2.67 bits per heavy atom. The minimum Gasteiger partial charge on any atom is -0.299 e. The van der Waals surface area contributed by atoms with Crippen molar-refractivity contribution in [1.29, 1.82) is 0 Å². The molecule has 1 aliphatic heterocycles. The summed E-state index contributed by atoms with van der Waals surface area (Å²) >= 11 is 1.26. The molecule has 0 N–H and O–H groups in total. The smallest absolute Gasteiger partial charge is 0.200 e. The number of ketones is 1. The Labute approximate surface area is 77.1 Å². The molecular weight excluding hydrogens is 172 g/mol. The van der Waals surface area contributed by atoms with E-state index in [9.17, 15) is 9.59 Å². The monoisotopic (exact) mass is 185 g/mol. The van der Waals surface area contributed by atoms with Crippen LogP contribution in [0.4, 0.5) is 0 Å². The van der Waals surface area contributed by atoms with E-state index in [0.717, 1.165) is 31.4 Å². The van der Waals surface area contributed by atoms with Crippen LogP contribution in [0.2, 0.25) is 0 Å². The van der Waals surface area contributed by atoms with E-state index in [-0.39, 0.29) is 10.9 Å². The van der Waals surface area contributed by atoms with E-state index in [0.29, 0.717) is 6.42 Å². The second-order valence-electron chi connectivity index (χ2n) is 2.94. The van der Waals surface area contributed by atoms with E-state index in [2.05, 4.69) is 0 Å². The molecule has 0 aromatic heterocycles. The molecular formula is C9H13O2S. The van der Waals surface area contributed by atoms with Gasteiger partial charge < -0.3 is 0 Å². The lowest BCUT2D eigenvalue weighted by Gasteiger charge is -2.04. The van der Waals surface area contributed by atoms with E-state index < -0.39 is 0 Å². The summed E-state index contributed by atoms with van der Waals surface area (Å²) in [6.07, 6.45) is 6.09. The van der Waals surface area contributed by atoms with Crippen molar-refractivity contribution in [2.45, 2.75) is 32.1 Å². The highest BCUT2D eigenvalue weighted by molar-refractivity contribution is 8.14. The topological polar surface area (TPSA) is 34.1 Å². The van der Waals surface area contributed by atoms with Gasteiger partial charge >= 0.3 is 0 Å². The van der Waals surface area contributed by atoms with Gasteiger partial charge in [0.1, 0.15) is 12.2 Å². The first-order valence-electron chi connectivity index (χ1n) is 4.33. The second-order valence-corrected chi connectivity index (χ2v) is 4.04. The first-order chi connectivity index (χ1) is 5.79. The molecule has 0 amide bonds. The van der Waals surface area contributed by atoms with Crippen LogP contribution in [0.25, 0.3) is 0 Å². The standard InChI is InChI=1S/C9H13O2S/c10-8-5-3-1-2-4-6-12-9(11)7-8/h7H,1-6H2. The number of Topliss-reactive ketones (excluding diaryl/α,β-unsaturated/α-hetero) is 1. The SMILES string of the molecule is O=C1[CH]C(=O)SCCCCCC1. The van der Waals surface area contributed by atoms with Crippen molar-refractivity contribution in [1.82, 2.24) is 0 Å². The summed E-state index contributed by atoms with van der Waals surface area (Å²) < 4.78 is 0. The van der Waals surface area contributed by atoms with Gasteiger partial charge in [-0.15, -0.1) is 0 Å². The van der Waals surface area contributed by atoms with Gasteiger partial charge in [0.05, 0.1) is 0 Å². The van der Waals surface area contributed by atoms with Gasteiger partial charge in [0.15, 0.2) is 0 Å². The molecule has 1 heterocycles. The lowest BCUT2D eigenvalue weighted by Crippen LogP contribution is -2.07. The Morgan fingerprint density at radius 1 is 1.08 bits per heavy atom. The molecule has 1 aliphatic rings. The molecule has 0 unspecified atom stereocenters. The minimum absolute atomic E-state index is 0.00519. The zero-order valence-electron chi connectivity index (χ0n) is 7.04. The Kier molecular flexibility index (Phi) is 4.36. The molecule has 0 saturated carbocycles. The maximum Gasteiger partial charge on any atom is 0.200 e. The van der Waals surface area contributed by atoms with Gasteiger partial charge in [-0.1, -0.05) is 24.6 Å². The van der Waals surface area contributed by atoms with Gasteiger partial charge in [-0.05, 0) is 12.8 Å². The first-order valence-corrected chi connectivity index (χ1v) is 5.32. The Bertz CT molecular complexity index is 159. The molecule has 67 valence electrons. The average Bonchev–Trinajstić information content (AvgIpc) is 2.02. The molecule has 0 spiro atoms. The van der Waals surface area contributed by atoms with Crippen molar-refractivity contribution in [3.8, 4) is 0 Å². The number of carbonyl (C=O) groups is 2. The number of rotatable bonds is 0. The van der Waals surface area contributed by atoms with Crippen molar-refractivity contribution in [3.05, 3.63) is 6.42 Å². The highest BCUT2D eigenvalue weighted by Crippen LogP contribution is 2.14. The normalized spacial score (nSPS) is 22.3. The summed E-state index contributed by atoms with van der Waals surface area (Å²) in [6, 6.07) is 0. The Balaban J connectivity index is 2.34. The van der Waals surface area contributed by atoms with E-state index in [4.69, 9.17) is 0 Å². The molecule has 1 saturated heterocycles. The number of hydrogen-bond acceptors (Lipinski definition) is 3. The predicted molar refractivity (Wildman–Crippen MR) is 49.9 cm³/mol. The third-order valence-corrected chi connectivity index (χ3v) is 2.74. The number of hydrogen-bond donors (Lipinski definition) is 0. The highest BCUT2D eigenvalue weighted by Gasteiger charge is 2.11. The fourth-order valence-electron chi connectivity index (χ4n) is 1.17. The molecule has 0 aromatic carbocycles. The third kappa shape index (κ3) is 3.90. The van der Waals surface area contributed by atoms with Gasteiger partial charge in [-0.2, -0.15) is 0 Å². The average molecular weight is 185 g/mol. The van der Waals surface area contributed by atoms with E-state index in [1.807, 2.05) is 0 Å². The van der Waals surface area contributed by atoms with Crippen LogP contribution in [0.5, 0.6) is 0 Å². The minimum atomic E-state index is -0.0677. The van der Waals surface area contributed by atoms with Gasteiger partial charge in [0, 0.05) is 12.2 Å². The zero-order valence-corrected chi connectivity index (χ0v) is 7.86. The van der Waals surface area contributed by atoms with Crippen LogP contribution in [0, 0.1) is 6.42 Å². The summed E-state index contributed by atoms with van der Waals surface area (Å²) in [5.41, 5.74) is 0. The van der Waals surface area contributed by atoms with Gasteiger partial charge in [0.25, 0.3) is 0 Å². The molecule has 2 nitrogen and oxygen atoms in total. The third-order valence-electron chi connectivity index (χ3n) is 1.84. The molecule has 0 aromatic rings. The van der Waals surface area contributed by atoms with Crippen molar-refractivity contribution in [2.24, 2.45) is 0 Å². The molecule has 3 heteroatoms. The second kappa shape index (κ2) is 5.36. The van der Waals surface area contributed by atoms with Crippen molar-refractivity contribution in [3.63, 3.8) is 0 Å². The lowest BCUT2D eigenvalue weighted by molar-refractivity contribution is -0.118. The summed E-state index contributed by atoms with van der Waals surface area (Å²) in [7, 11) is 0. The highest BCUT2D eigenvalue weighted by atomic mass is 32.2. The van der Waals surface area contributed by atoms with E-state index in [1.165, 1.54) is 18.2 Å². The lowest BCUT2D eigenvalue weighted by atomic mass is 10.1. The van der Waals surface area contributed by atoms with Crippen molar-refractivity contribution >= 4 is 22.7 Å². The molecule has 0 bridgehead atoms. The summed E-state index contributed by atoms with van der Waals surface area (Å²) in [5, 5.41) is -0.0677. The largest absolute Gasteiger partial charge is 0.299 e. The van der Waals surface area contributed by atoms with E-state index in [1.54, 1.807) is 0 Å². The molecule has 1 rings (SSSR count). The molecule has 1 fully saturated rings. The number of thioether (sulfide) groups is 1.